The van der Waals surface area contributed by atoms with Crippen LogP contribution in [-0.2, 0) is 0 Å². The molecule has 0 saturated carbocycles. The Morgan fingerprint density at radius 1 is 0.952 bits per heavy atom. The molecule has 0 saturated heterocycles. The molecule has 0 spiro atoms. The van der Waals surface area contributed by atoms with Crippen LogP contribution in [0.3, 0.4) is 0 Å². The quantitative estimate of drug-likeness (QED) is 0.604. The van der Waals surface area contributed by atoms with Crippen molar-refractivity contribution in [2.24, 2.45) is 0 Å². The second-order valence-corrected chi connectivity index (χ2v) is 4.78. The highest BCUT2D eigenvalue weighted by Gasteiger charge is 2.21. The summed E-state index contributed by atoms with van der Waals surface area (Å²) in [6, 6.07) is 2.75. The highest BCUT2D eigenvalue weighted by molar-refractivity contribution is 6.31. The van der Waals surface area contributed by atoms with Crippen molar-refractivity contribution in [2.45, 2.75) is 13.0 Å². The van der Waals surface area contributed by atoms with Crippen LogP contribution < -0.4 is 5.32 Å². The number of anilines is 1. The second kappa shape index (κ2) is 5.89. The molecule has 0 aliphatic rings. The van der Waals surface area contributed by atoms with Gasteiger partial charge >= 0.3 is 0 Å². The van der Waals surface area contributed by atoms with Gasteiger partial charge in [-0.25, -0.2) is 22.0 Å². The molecule has 2 rings (SSSR count). The molecule has 0 amide bonds. The van der Waals surface area contributed by atoms with E-state index in [2.05, 4.69) is 5.32 Å². The van der Waals surface area contributed by atoms with E-state index >= 15 is 0 Å². The van der Waals surface area contributed by atoms with Crippen LogP contribution in [-0.4, -0.2) is 0 Å². The standard InChI is InChI=1S/C14H9ClF5N/c1-6(8-3-2-7(16)4-9(8)15)21-14-12(19)10(17)5-11(18)13(14)20/h2-6,21H,1H3. The minimum absolute atomic E-state index is 0.0210. The highest BCUT2D eigenvalue weighted by Crippen LogP contribution is 2.30. The van der Waals surface area contributed by atoms with E-state index in [9.17, 15) is 22.0 Å². The zero-order chi connectivity index (χ0) is 15.7. The van der Waals surface area contributed by atoms with Gasteiger partial charge in [0.05, 0.1) is 6.04 Å². The Morgan fingerprint density at radius 2 is 1.52 bits per heavy atom. The number of halogens is 6. The van der Waals surface area contributed by atoms with Crippen molar-refractivity contribution in [3.05, 3.63) is 63.9 Å². The molecule has 1 atom stereocenters. The van der Waals surface area contributed by atoms with E-state index in [1.165, 1.54) is 13.0 Å². The highest BCUT2D eigenvalue weighted by atomic mass is 35.5. The van der Waals surface area contributed by atoms with Crippen molar-refractivity contribution in [1.29, 1.82) is 0 Å². The van der Waals surface area contributed by atoms with Gasteiger partial charge in [0.15, 0.2) is 23.3 Å². The maximum Gasteiger partial charge on any atom is 0.185 e. The molecular formula is C14H9ClF5N. The lowest BCUT2D eigenvalue weighted by Gasteiger charge is -2.18. The molecule has 7 heteroatoms. The summed E-state index contributed by atoms with van der Waals surface area (Å²) in [4.78, 5) is 0. The molecule has 0 bridgehead atoms. The van der Waals surface area contributed by atoms with Crippen molar-refractivity contribution in [1.82, 2.24) is 0 Å². The first-order chi connectivity index (χ1) is 9.81. The number of hydrogen-bond acceptors (Lipinski definition) is 1. The summed E-state index contributed by atoms with van der Waals surface area (Å²) < 4.78 is 66.3. The summed E-state index contributed by atoms with van der Waals surface area (Å²) >= 11 is 5.82. The van der Waals surface area contributed by atoms with Crippen LogP contribution in [0.4, 0.5) is 27.6 Å². The molecule has 2 aromatic carbocycles. The van der Waals surface area contributed by atoms with Gasteiger partial charge in [0, 0.05) is 11.1 Å². The Morgan fingerprint density at radius 3 is 2.05 bits per heavy atom. The summed E-state index contributed by atoms with van der Waals surface area (Å²) in [6.07, 6.45) is 0. The van der Waals surface area contributed by atoms with Crippen molar-refractivity contribution < 1.29 is 22.0 Å². The smallest absolute Gasteiger partial charge is 0.185 e. The molecule has 0 aromatic heterocycles. The average molecular weight is 322 g/mol. The minimum atomic E-state index is -1.54. The predicted octanol–water partition coefficient (Wildman–Crippen LogP) is 5.21. The first-order valence-corrected chi connectivity index (χ1v) is 6.23. The molecule has 1 unspecified atom stereocenters. The number of benzene rings is 2. The molecule has 0 fully saturated rings. The van der Waals surface area contributed by atoms with Gasteiger partial charge in [0.1, 0.15) is 11.5 Å². The molecule has 0 aliphatic carbocycles. The topological polar surface area (TPSA) is 12.0 Å². The lowest BCUT2D eigenvalue weighted by molar-refractivity contribution is 0.457. The van der Waals surface area contributed by atoms with Gasteiger partial charge in [-0.15, -0.1) is 0 Å². The van der Waals surface area contributed by atoms with E-state index in [1.807, 2.05) is 0 Å². The van der Waals surface area contributed by atoms with Gasteiger partial charge in [-0.1, -0.05) is 17.7 Å². The third-order valence-electron chi connectivity index (χ3n) is 2.90. The maximum atomic E-state index is 13.5. The third-order valence-corrected chi connectivity index (χ3v) is 3.23. The Hall–Kier alpha value is -1.82. The fraction of sp³-hybridized carbons (Fsp3) is 0.143. The van der Waals surface area contributed by atoms with Crippen LogP contribution in [0.5, 0.6) is 0 Å². The molecule has 1 N–H and O–H groups in total. The lowest BCUT2D eigenvalue weighted by Crippen LogP contribution is -2.12. The molecule has 2 aromatic rings. The van der Waals surface area contributed by atoms with Gasteiger partial charge in [-0.2, -0.15) is 0 Å². The summed E-state index contributed by atoms with van der Waals surface area (Å²) in [5.41, 5.74) is -0.623. The predicted molar refractivity (Wildman–Crippen MR) is 69.7 cm³/mol. The molecule has 0 radical (unpaired) electrons. The number of hydrogen-bond donors (Lipinski definition) is 1. The average Bonchev–Trinajstić information content (AvgIpc) is 2.41. The van der Waals surface area contributed by atoms with Crippen molar-refractivity contribution in [2.75, 3.05) is 5.32 Å². The lowest BCUT2D eigenvalue weighted by atomic mass is 10.1. The van der Waals surface area contributed by atoms with E-state index in [-0.39, 0.29) is 11.1 Å². The normalized spacial score (nSPS) is 12.3. The van der Waals surface area contributed by atoms with E-state index in [0.29, 0.717) is 5.56 Å². The van der Waals surface area contributed by atoms with Crippen molar-refractivity contribution in [3.8, 4) is 0 Å². The van der Waals surface area contributed by atoms with Crippen LogP contribution in [0.1, 0.15) is 18.5 Å². The minimum Gasteiger partial charge on any atom is -0.374 e. The first-order valence-electron chi connectivity index (χ1n) is 5.85. The summed E-state index contributed by atoms with van der Waals surface area (Å²) in [5, 5.41) is 2.32. The summed E-state index contributed by atoms with van der Waals surface area (Å²) in [7, 11) is 0. The van der Waals surface area contributed by atoms with Crippen molar-refractivity contribution in [3.63, 3.8) is 0 Å². The fourth-order valence-corrected chi connectivity index (χ4v) is 2.18. The van der Waals surface area contributed by atoms with Crippen LogP contribution in [0.2, 0.25) is 5.02 Å². The van der Waals surface area contributed by atoms with Gasteiger partial charge in [0.25, 0.3) is 0 Å². The molecule has 21 heavy (non-hydrogen) atoms. The summed E-state index contributed by atoms with van der Waals surface area (Å²) in [6.45, 7) is 1.46. The Kier molecular flexibility index (Phi) is 4.37. The second-order valence-electron chi connectivity index (χ2n) is 4.38. The first kappa shape index (κ1) is 15.6. The third kappa shape index (κ3) is 3.10. The van der Waals surface area contributed by atoms with Gasteiger partial charge in [-0.3, -0.25) is 0 Å². The molecular weight excluding hydrogens is 313 g/mol. The van der Waals surface area contributed by atoms with E-state index in [1.54, 1.807) is 0 Å². The van der Waals surface area contributed by atoms with Gasteiger partial charge < -0.3 is 5.32 Å². The molecule has 112 valence electrons. The Labute approximate surface area is 122 Å². The van der Waals surface area contributed by atoms with Crippen LogP contribution >= 0.6 is 11.6 Å². The Balaban J connectivity index is 2.38. The van der Waals surface area contributed by atoms with Crippen LogP contribution in [0.25, 0.3) is 0 Å². The fourth-order valence-electron chi connectivity index (χ4n) is 1.85. The zero-order valence-corrected chi connectivity index (χ0v) is 11.4. The van der Waals surface area contributed by atoms with Gasteiger partial charge in [-0.05, 0) is 24.6 Å². The molecule has 1 nitrogen and oxygen atoms in total. The van der Waals surface area contributed by atoms with Crippen molar-refractivity contribution >= 4 is 17.3 Å². The molecule has 0 heterocycles. The van der Waals surface area contributed by atoms with E-state index < -0.39 is 40.8 Å². The van der Waals surface area contributed by atoms with Gasteiger partial charge in [0.2, 0.25) is 0 Å². The summed E-state index contributed by atoms with van der Waals surface area (Å²) in [5.74, 6) is -6.70. The SMILES string of the molecule is CC(Nc1c(F)c(F)cc(F)c1F)c1ccc(F)cc1Cl. The molecule has 0 aliphatic heterocycles. The maximum absolute atomic E-state index is 13.5. The zero-order valence-electron chi connectivity index (χ0n) is 10.7. The van der Waals surface area contributed by atoms with E-state index in [4.69, 9.17) is 11.6 Å². The monoisotopic (exact) mass is 321 g/mol. The van der Waals surface area contributed by atoms with Crippen LogP contribution in [0.15, 0.2) is 24.3 Å². The largest absolute Gasteiger partial charge is 0.374 e. The Bertz CT molecular complexity index is 663. The van der Waals surface area contributed by atoms with Crippen LogP contribution in [0, 0.1) is 29.1 Å². The number of rotatable bonds is 3. The van der Waals surface area contributed by atoms with E-state index in [0.717, 1.165) is 12.1 Å². The number of nitrogens with one attached hydrogen (secondary N) is 1.